The van der Waals surface area contributed by atoms with Crippen LogP contribution in [0.15, 0.2) is 18.2 Å². The van der Waals surface area contributed by atoms with Gasteiger partial charge in [-0.2, -0.15) is 0 Å². The SMILES string of the molecule is Cc1ccc(C#CCO)cc1NS(=O)(=O)CC1CCCO1. The Morgan fingerprint density at radius 2 is 2.29 bits per heavy atom. The highest BCUT2D eigenvalue weighted by Crippen LogP contribution is 2.20. The first-order valence-corrected chi connectivity index (χ1v) is 8.48. The smallest absolute Gasteiger partial charge is 0.235 e. The summed E-state index contributed by atoms with van der Waals surface area (Å²) in [6, 6.07) is 5.26. The van der Waals surface area contributed by atoms with Gasteiger partial charge in [0.15, 0.2) is 0 Å². The summed E-state index contributed by atoms with van der Waals surface area (Å²) < 4.78 is 32.3. The third kappa shape index (κ3) is 4.74. The van der Waals surface area contributed by atoms with Crippen LogP contribution in [0.3, 0.4) is 0 Å². The lowest BCUT2D eigenvalue weighted by molar-refractivity contribution is 0.127. The molecule has 0 aliphatic carbocycles. The lowest BCUT2D eigenvalue weighted by Crippen LogP contribution is -2.26. The van der Waals surface area contributed by atoms with Gasteiger partial charge >= 0.3 is 0 Å². The number of ether oxygens (including phenoxy) is 1. The lowest BCUT2D eigenvalue weighted by Gasteiger charge is -2.14. The van der Waals surface area contributed by atoms with Crippen LogP contribution in [0.4, 0.5) is 5.69 Å². The van der Waals surface area contributed by atoms with Gasteiger partial charge in [-0.3, -0.25) is 4.72 Å². The molecule has 1 aromatic rings. The maximum Gasteiger partial charge on any atom is 0.235 e. The third-order valence-electron chi connectivity index (χ3n) is 3.24. The van der Waals surface area contributed by atoms with Gasteiger partial charge in [0.25, 0.3) is 0 Å². The average molecular weight is 309 g/mol. The second-order valence-electron chi connectivity index (χ2n) is 5.01. The van der Waals surface area contributed by atoms with Crippen LogP contribution in [0.2, 0.25) is 0 Å². The summed E-state index contributed by atoms with van der Waals surface area (Å²) in [5.41, 5.74) is 1.99. The largest absolute Gasteiger partial charge is 0.384 e. The molecule has 5 nitrogen and oxygen atoms in total. The van der Waals surface area contributed by atoms with Crippen molar-refractivity contribution in [1.29, 1.82) is 0 Å². The van der Waals surface area contributed by atoms with E-state index in [1.807, 2.05) is 6.92 Å². The number of hydrogen-bond acceptors (Lipinski definition) is 4. The maximum absolute atomic E-state index is 12.2. The summed E-state index contributed by atoms with van der Waals surface area (Å²) in [6.07, 6.45) is 1.47. The molecule has 1 atom stereocenters. The quantitative estimate of drug-likeness (QED) is 0.821. The minimum absolute atomic E-state index is 0.0288. The number of aliphatic hydroxyl groups is 1. The molecule has 6 heteroatoms. The minimum Gasteiger partial charge on any atom is -0.384 e. The van der Waals surface area contributed by atoms with Gasteiger partial charge in [0.05, 0.1) is 17.5 Å². The summed E-state index contributed by atoms with van der Waals surface area (Å²) in [5, 5.41) is 8.70. The summed E-state index contributed by atoms with van der Waals surface area (Å²) in [7, 11) is -3.45. The number of rotatable bonds is 4. The second-order valence-corrected chi connectivity index (χ2v) is 6.78. The third-order valence-corrected chi connectivity index (χ3v) is 4.59. The number of sulfonamides is 1. The Bertz CT molecular complexity index is 652. The molecule has 1 aliphatic rings. The Kier molecular flexibility index (Phi) is 5.23. The topological polar surface area (TPSA) is 75.6 Å². The van der Waals surface area contributed by atoms with Gasteiger partial charge in [-0.05, 0) is 37.5 Å². The molecule has 1 saturated heterocycles. The van der Waals surface area contributed by atoms with E-state index in [4.69, 9.17) is 9.84 Å². The molecule has 0 radical (unpaired) electrons. The number of hydrogen-bond donors (Lipinski definition) is 2. The van der Waals surface area contributed by atoms with Crippen LogP contribution < -0.4 is 4.72 Å². The van der Waals surface area contributed by atoms with Gasteiger partial charge in [0.2, 0.25) is 10.0 Å². The maximum atomic E-state index is 12.2. The molecule has 1 fully saturated rings. The highest BCUT2D eigenvalue weighted by atomic mass is 32.2. The molecule has 21 heavy (non-hydrogen) atoms. The number of aryl methyl sites for hydroxylation is 1. The zero-order chi connectivity index (χ0) is 15.3. The van der Waals surface area contributed by atoms with Crippen molar-refractivity contribution in [2.45, 2.75) is 25.9 Å². The summed E-state index contributed by atoms with van der Waals surface area (Å²) in [6.45, 7) is 2.23. The van der Waals surface area contributed by atoms with Crippen molar-refractivity contribution in [2.75, 3.05) is 23.7 Å². The summed E-state index contributed by atoms with van der Waals surface area (Å²) in [5.74, 6) is 5.27. The Labute approximate surface area is 125 Å². The lowest BCUT2D eigenvalue weighted by atomic mass is 10.1. The number of nitrogens with one attached hydrogen (secondary N) is 1. The Hall–Kier alpha value is -1.55. The minimum atomic E-state index is -3.45. The molecular weight excluding hydrogens is 290 g/mol. The molecule has 0 amide bonds. The van der Waals surface area contributed by atoms with Gasteiger partial charge in [-0.15, -0.1) is 0 Å². The Morgan fingerprint density at radius 1 is 1.48 bits per heavy atom. The van der Waals surface area contributed by atoms with E-state index in [2.05, 4.69) is 16.6 Å². The molecular formula is C15H19NO4S. The zero-order valence-corrected chi connectivity index (χ0v) is 12.7. The fraction of sp³-hybridized carbons (Fsp3) is 0.467. The van der Waals surface area contributed by atoms with E-state index in [0.717, 1.165) is 18.4 Å². The van der Waals surface area contributed by atoms with Crippen LogP contribution in [0.5, 0.6) is 0 Å². The molecule has 0 saturated carbocycles. The monoisotopic (exact) mass is 309 g/mol. The highest BCUT2D eigenvalue weighted by Gasteiger charge is 2.23. The number of aliphatic hydroxyl groups excluding tert-OH is 1. The van der Waals surface area contributed by atoms with Gasteiger partial charge in [-0.1, -0.05) is 17.9 Å². The van der Waals surface area contributed by atoms with Gasteiger partial charge in [-0.25, -0.2) is 8.42 Å². The predicted molar refractivity (Wildman–Crippen MR) is 81.5 cm³/mol. The van der Waals surface area contributed by atoms with Crippen LogP contribution >= 0.6 is 0 Å². The van der Waals surface area contributed by atoms with Crippen LogP contribution in [-0.2, 0) is 14.8 Å². The van der Waals surface area contributed by atoms with Gasteiger partial charge < -0.3 is 9.84 Å². The molecule has 0 bridgehead atoms. The van der Waals surface area contributed by atoms with Gasteiger partial charge in [0, 0.05) is 12.2 Å². The molecule has 1 unspecified atom stereocenters. The zero-order valence-electron chi connectivity index (χ0n) is 11.9. The molecule has 0 spiro atoms. The average Bonchev–Trinajstić information content (AvgIpc) is 2.91. The normalized spacial score (nSPS) is 18.1. The fourth-order valence-corrected chi connectivity index (χ4v) is 3.57. The molecule has 0 aromatic heterocycles. The Balaban J connectivity index is 2.13. The fourth-order valence-electron chi connectivity index (χ4n) is 2.18. The Morgan fingerprint density at radius 3 is 2.95 bits per heavy atom. The second kappa shape index (κ2) is 6.94. The molecule has 1 heterocycles. The first-order valence-electron chi connectivity index (χ1n) is 6.82. The van der Waals surface area contributed by atoms with Crippen LogP contribution in [0.1, 0.15) is 24.0 Å². The molecule has 114 valence electrons. The number of anilines is 1. The van der Waals surface area contributed by atoms with E-state index in [1.54, 1.807) is 18.2 Å². The van der Waals surface area contributed by atoms with Gasteiger partial charge in [0.1, 0.15) is 6.61 Å². The van der Waals surface area contributed by atoms with Crippen LogP contribution in [0.25, 0.3) is 0 Å². The molecule has 2 rings (SSSR count). The molecule has 1 aromatic carbocycles. The van der Waals surface area contributed by atoms with Crippen LogP contribution in [-0.4, -0.2) is 38.6 Å². The van der Waals surface area contributed by atoms with E-state index in [0.29, 0.717) is 17.9 Å². The van der Waals surface area contributed by atoms with Crippen molar-refractivity contribution in [3.63, 3.8) is 0 Å². The first-order chi connectivity index (χ1) is 10.00. The number of benzene rings is 1. The summed E-state index contributed by atoms with van der Waals surface area (Å²) in [4.78, 5) is 0. The van der Waals surface area contributed by atoms with Crippen molar-refractivity contribution >= 4 is 15.7 Å². The van der Waals surface area contributed by atoms with E-state index in [-0.39, 0.29) is 18.5 Å². The van der Waals surface area contributed by atoms with E-state index >= 15 is 0 Å². The predicted octanol–water partition coefficient (Wildman–Crippen LogP) is 1.26. The van der Waals surface area contributed by atoms with Crippen molar-refractivity contribution in [1.82, 2.24) is 0 Å². The molecule has 1 aliphatic heterocycles. The first kappa shape index (κ1) is 15.8. The van der Waals surface area contributed by atoms with Crippen molar-refractivity contribution in [3.8, 4) is 11.8 Å². The highest BCUT2D eigenvalue weighted by molar-refractivity contribution is 7.92. The van der Waals surface area contributed by atoms with E-state index < -0.39 is 10.0 Å². The van der Waals surface area contributed by atoms with E-state index in [1.165, 1.54) is 0 Å². The van der Waals surface area contributed by atoms with E-state index in [9.17, 15) is 8.42 Å². The van der Waals surface area contributed by atoms with Crippen molar-refractivity contribution < 1.29 is 18.3 Å². The molecule has 2 N–H and O–H groups in total. The van der Waals surface area contributed by atoms with Crippen molar-refractivity contribution in [3.05, 3.63) is 29.3 Å². The van der Waals surface area contributed by atoms with Crippen LogP contribution in [0, 0.1) is 18.8 Å². The standard InChI is InChI=1S/C15H19NO4S/c1-12-6-7-13(4-2-8-17)10-15(12)16-21(18,19)11-14-5-3-9-20-14/h6-7,10,14,16-17H,3,5,8-9,11H2,1H3. The van der Waals surface area contributed by atoms with Crippen molar-refractivity contribution in [2.24, 2.45) is 0 Å². The summed E-state index contributed by atoms with van der Waals surface area (Å²) >= 11 is 0.